The monoisotopic (exact) mass is 264 g/mol. The summed E-state index contributed by atoms with van der Waals surface area (Å²) in [6.07, 6.45) is 5.77. The Morgan fingerprint density at radius 1 is 1.37 bits per heavy atom. The van der Waals surface area contributed by atoms with E-state index in [0.717, 1.165) is 44.7 Å². The Morgan fingerprint density at radius 3 is 2.63 bits per heavy atom. The molecule has 1 aromatic rings. The number of piperazine rings is 1. The highest BCUT2D eigenvalue weighted by Crippen LogP contribution is 2.37. The van der Waals surface area contributed by atoms with Gasteiger partial charge in [0, 0.05) is 32.2 Å². The number of nitrogens with zero attached hydrogens (tertiary/aromatic N) is 4. The molecule has 1 saturated heterocycles. The zero-order valence-corrected chi connectivity index (χ0v) is 11.2. The summed E-state index contributed by atoms with van der Waals surface area (Å²) in [5.41, 5.74) is 0.833. The van der Waals surface area contributed by atoms with Crippen molar-refractivity contribution in [3.63, 3.8) is 0 Å². The third kappa shape index (κ3) is 2.50. The fourth-order valence-electron chi connectivity index (χ4n) is 2.73. The molecule has 1 aromatic heterocycles. The minimum atomic E-state index is -0.771. The standard InChI is InChI=1S/C13H20N4O2/c1-15-4-6-16(7-5-15)12(13(18)19)11-8-14-9-17(11)10-2-3-10/h8-10,12H,2-7H2,1H3,(H,18,19). The number of imidazole rings is 1. The zero-order chi connectivity index (χ0) is 13.4. The van der Waals surface area contributed by atoms with Gasteiger partial charge in [0.2, 0.25) is 0 Å². The number of hydrogen-bond acceptors (Lipinski definition) is 4. The molecular weight excluding hydrogens is 244 g/mol. The summed E-state index contributed by atoms with van der Waals surface area (Å²) in [4.78, 5) is 20.1. The maximum Gasteiger partial charge on any atom is 0.327 e. The largest absolute Gasteiger partial charge is 0.480 e. The summed E-state index contributed by atoms with van der Waals surface area (Å²) in [5.74, 6) is -0.771. The first-order chi connectivity index (χ1) is 9.16. The number of hydrogen-bond donors (Lipinski definition) is 1. The number of aliphatic carboxylic acids is 1. The third-order valence-electron chi connectivity index (χ3n) is 4.05. The van der Waals surface area contributed by atoms with Gasteiger partial charge >= 0.3 is 5.97 Å². The van der Waals surface area contributed by atoms with Gasteiger partial charge in [0.1, 0.15) is 0 Å². The fourth-order valence-corrected chi connectivity index (χ4v) is 2.73. The van der Waals surface area contributed by atoms with Crippen molar-refractivity contribution in [3.05, 3.63) is 18.2 Å². The lowest BCUT2D eigenvalue weighted by Gasteiger charge is -2.36. The maximum absolute atomic E-state index is 11.7. The second-order valence-electron chi connectivity index (χ2n) is 5.54. The van der Waals surface area contributed by atoms with Crippen LogP contribution in [-0.4, -0.2) is 63.7 Å². The van der Waals surface area contributed by atoms with E-state index in [1.807, 2.05) is 0 Å². The smallest absolute Gasteiger partial charge is 0.327 e. The minimum Gasteiger partial charge on any atom is -0.480 e. The van der Waals surface area contributed by atoms with Crippen LogP contribution in [0.2, 0.25) is 0 Å². The number of likely N-dealkylation sites (N-methyl/N-ethyl adjacent to an activating group) is 1. The molecule has 2 fully saturated rings. The van der Waals surface area contributed by atoms with Crippen LogP contribution in [0.3, 0.4) is 0 Å². The number of carboxylic acid groups (broad SMARTS) is 1. The van der Waals surface area contributed by atoms with Gasteiger partial charge in [-0.1, -0.05) is 0 Å². The normalized spacial score (nSPS) is 23.4. The first-order valence-corrected chi connectivity index (χ1v) is 6.84. The van der Waals surface area contributed by atoms with E-state index in [-0.39, 0.29) is 0 Å². The molecule has 1 aliphatic carbocycles. The molecule has 0 amide bonds. The van der Waals surface area contributed by atoms with E-state index in [9.17, 15) is 9.90 Å². The summed E-state index contributed by atoms with van der Waals surface area (Å²) in [6, 6.07) is -0.0939. The van der Waals surface area contributed by atoms with Gasteiger partial charge in [0.15, 0.2) is 6.04 Å². The topological polar surface area (TPSA) is 61.6 Å². The van der Waals surface area contributed by atoms with E-state index in [0.29, 0.717) is 6.04 Å². The molecule has 104 valence electrons. The Labute approximate surface area is 112 Å². The van der Waals surface area contributed by atoms with Crippen molar-refractivity contribution in [1.29, 1.82) is 0 Å². The fraction of sp³-hybridized carbons (Fsp3) is 0.692. The lowest BCUT2D eigenvalue weighted by atomic mass is 10.1. The number of carboxylic acids is 1. The minimum absolute atomic E-state index is 0.465. The van der Waals surface area contributed by atoms with E-state index in [4.69, 9.17) is 0 Å². The molecule has 6 nitrogen and oxygen atoms in total. The van der Waals surface area contributed by atoms with Crippen molar-refractivity contribution >= 4 is 5.97 Å². The molecule has 19 heavy (non-hydrogen) atoms. The molecule has 1 saturated carbocycles. The summed E-state index contributed by atoms with van der Waals surface area (Å²) < 4.78 is 2.05. The molecular formula is C13H20N4O2. The average Bonchev–Trinajstić information content (AvgIpc) is 3.12. The Bertz CT molecular complexity index is 461. The summed E-state index contributed by atoms with van der Waals surface area (Å²) >= 11 is 0. The lowest BCUT2D eigenvalue weighted by Crippen LogP contribution is -2.48. The van der Waals surface area contributed by atoms with Gasteiger partial charge in [-0.05, 0) is 19.9 Å². The van der Waals surface area contributed by atoms with Crippen LogP contribution in [-0.2, 0) is 4.79 Å². The lowest BCUT2D eigenvalue weighted by molar-refractivity contribution is -0.144. The molecule has 6 heteroatoms. The molecule has 2 aliphatic rings. The van der Waals surface area contributed by atoms with Crippen LogP contribution in [0.1, 0.15) is 30.6 Å². The van der Waals surface area contributed by atoms with Gasteiger partial charge in [-0.2, -0.15) is 0 Å². The molecule has 1 unspecified atom stereocenters. The Kier molecular flexibility index (Phi) is 3.28. The van der Waals surface area contributed by atoms with Crippen molar-refractivity contribution < 1.29 is 9.90 Å². The Hall–Kier alpha value is -1.40. The summed E-state index contributed by atoms with van der Waals surface area (Å²) in [7, 11) is 2.07. The molecule has 2 heterocycles. The number of carbonyl (C=O) groups is 1. The summed E-state index contributed by atoms with van der Waals surface area (Å²) in [6.45, 7) is 3.43. The second-order valence-corrected chi connectivity index (χ2v) is 5.54. The maximum atomic E-state index is 11.7. The molecule has 0 bridgehead atoms. The van der Waals surface area contributed by atoms with Crippen molar-refractivity contribution in [2.24, 2.45) is 0 Å². The van der Waals surface area contributed by atoms with E-state index >= 15 is 0 Å². The highest BCUT2D eigenvalue weighted by molar-refractivity contribution is 5.75. The Balaban J connectivity index is 1.84. The highest BCUT2D eigenvalue weighted by atomic mass is 16.4. The third-order valence-corrected chi connectivity index (χ3v) is 4.05. The number of aromatic nitrogens is 2. The Morgan fingerprint density at radius 2 is 2.05 bits per heavy atom. The van der Waals surface area contributed by atoms with Crippen LogP contribution < -0.4 is 0 Å². The molecule has 0 radical (unpaired) electrons. The van der Waals surface area contributed by atoms with E-state index < -0.39 is 12.0 Å². The van der Waals surface area contributed by atoms with Crippen molar-refractivity contribution in [1.82, 2.24) is 19.4 Å². The molecule has 1 N–H and O–H groups in total. The van der Waals surface area contributed by atoms with Crippen LogP contribution in [0.5, 0.6) is 0 Å². The van der Waals surface area contributed by atoms with Gasteiger partial charge < -0.3 is 14.6 Å². The van der Waals surface area contributed by atoms with Crippen LogP contribution in [0.25, 0.3) is 0 Å². The van der Waals surface area contributed by atoms with Gasteiger partial charge in [-0.3, -0.25) is 9.69 Å². The first-order valence-electron chi connectivity index (χ1n) is 6.84. The van der Waals surface area contributed by atoms with Crippen molar-refractivity contribution in [2.75, 3.05) is 33.2 Å². The predicted octanol–water partition coefficient (Wildman–Crippen LogP) is 0.591. The van der Waals surface area contributed by atoms with E-state index in [1.165, 1.54) is 0 Å². The molecule has 1 aliphatic heterocycles. The predicted molar refractivity (Wildman–Crippen MR) is 69.9 cm³/mol. The van der Waals surface area contributed by atoms with Gasteiger partial charge in [0.25, 0.3) is 0 Å². The SMILES string of the molecule is CN1CCN(C(C(=O)O)c2cncn2C2CC2)CC1. The van der Waals surface area contributed by atoms with Crippen LogP contribution in [0.15, 0.2) is 12.5 Å². The first kappa shape index (κ1) is 12.6. The second kappa shape index (κ2) is 4.94. The zero-order valence-electron chi connectivity index (χ0n) is 11.2. The van der Waals surface area contributed by atoms with E-state index in [2.05, 4.69) is 26.4 Å². The quantitative estimate of drug-likeness (QED) is 0.862. The van der Waals surface area contributed by atoms with Gasteiger partial charge in [0.05, 0.1) is 18.2 Å². The van der Waals surface area contributed by atoms with Crippen LogP contribution in [0.4, 0.5) is 0 Å². The van der Waals surface area contributed by atoms with Gasteiger partial charge in [-0.15, -0.1) is 0 Å². The van der Waals surface area contributed by atoms with Crippen LogP contribution in [0, 0.1) is 0 Å². The van der Waals surface area contributed by atoms with E-state index in [1.54, 1.807) is 12.5 Å². The average molecular weight is 264 g/mol. The van der Waals surface area contributed by atoms with Crippen LogP contribution >= 0.6 is 0 Å². The van der Waals surface area contributed by atoms with Crippen molar-refractivity contribution in [3.8, 4) is 0 Å². The number of rotatable bonds is 4. The molecule has 0 aromatic carbocycles. The molecule has 0 spiro atoms. The van der Waals surface area contributed by atoms with Crippen molar-refractivity contribution in [2.45, 2.75) is 24.9 Å². The van der Waals surface area contributed by atoms with Gasteiger partial charge in [-0.25, -0.2) is 4.98 Å². The molecule has 1 atom stereocenters. The summed E-state index contributed by atoms with van der Waals surface area (Å²) in [5, 5.41) is 9.59. The molecule has 3 rings (SSSR count). The highest BCUT2D eigenvalue weighted by Gasteiger charge is 2.35.